The highest BCUT2D eigenvalue weighted by atomic mass is 28.3. The van der Waals surface area contributed by atoms with Crippen LogP contribution in [0.2, 0.25) is 25.7 Å². The van der Waals surface area contributed by atoms with Gasteiger partial charge in [-0.1, -0.05) is 25.7 Å². The van der Waals surface area contributed by atoms with Crippen molar-refractivity contribution in [2.24, 2.45) is 0 Å². The molecule has 1 aliphatic rings. The van der Waals surface area contributed by atoms with Crippen LogP contribution in [-0.4, -0.2) is 60.7 Å². The molecule has 0 radical (unpaired) electrons. The van der Waals surface area contributed by atoms with Crippen molar-refractivity contribution in [1.29, 1.82) is 0 Å². The molecule has 7 nitrogen and oxygen atoms in total. The monoisotopic (exact) mass is 487 g/mol. The molecule has 0 unspecified atom stereocenters. The standard InChI is InChI=1S/C27H33N5O2Si/c1-35(2,3)17-16-34-20-32-25-5-4-22(21-6-9-28-10-7-21)18-24(25)27(30-32)23-8-11-29-26(19-23)31-12-14-33-15-13-31/h4-11,18-19H,12-17,20H2,1-3H3. The van der Waals surface area contributed by atoms with Crippen molar-refractivity contribution >= 4 is 24.8 Å². The molecule has 4 heterocycles. The minimum absolute atomic E-state index is 0.441. The predicted molar refractivity (Wildman–Crippen MR) is 143 cm³/mol. The van der Waals surface area contributed by atoms with Gasteiger partial charge in [0.2, 0.25) is 0 Å². The second-order valence-corrected chi connectivity index (χ2v) is 15.8. The Morgan fingerprint density at radius 3 is 2.46 bits per heavy atom. The predicted octanol–water partition coefficient (Wildman–Crippen LogP) is 5.31. The summed E-state index contributed by atoms with van der Waals surface area (Å²) in [6.45, 7) is 11.5. The molecular weight excluding hydrogens is 454 g/mol. The Hall–Kier alpha value is -3.07. The fraction of sp³-hybridized carbons (Fsp3) is 0.370. The molecule has 0 aliphatic carbocycles. The minimum Gasteiger partial charge on any atom is -0.378 e. The molecule has 0 bridgehead atoms. The van der Waals surface area contributed by atoms with E-state index < -0.39 is 8.07 Å². The van der Waals surface area contributed by atoms with Gasteiger partial charge in [0.15, 0.2) is 0 Å². The Balaban J connectivity index is 1.52. The Morgan fingerprint density at radius 2 is 1.69 bits per heavy atom. The smallest absolute Gasteiger partial charge is 0.140 e. The van der Waals surface area contributed by atoms with Gasteiger partial charge in [-0.2, -0.15) is 5.10 Å². The van der Waals surface area contributed by atoms with Crippen molar-refractivity contribution in [3.8, 4) is 22.4 Å². The second-order valence-electron chi connectivity index (χ2n) is 10.2. The molecule has 0 amide bonds. The van der Waals surface area contributed by atoms with E-state index in [1.54, 1.807) is 0 Å². The first-order valence-electron chi connectivity index (χ1n) is 12.3. The SMILES string of the molecule is C[Si](C)(C)CCOCn1nc(-c2ccnc(N3CCOCC3)c2)c2cc(-c3ccncc3)ccc21. The van der Waals surface area contributed by atoms with Gasteiger partial charge in [0, 0.05) is 57.3 Å². The third kappa shape index (κ3) is 5.61. The molecule has 35 heavy (non-hydrogen) atoms. The topological polar surface area (TPSA) is 65.3 Å². The number of fused-ring (bicyclic) bond motifs is 1. The van der Waals surface area contributed by atoms with Crippen LogP contribution in [0.4, 0.5) is 5.82 Å². The number of hydrogen-bond acceptors (Lipinski definition) is 6. The number of anilines is 1. The first kappa shape index (κ1) is 23.7. The number of ether oxygens (including phenoxy) is 2. The lowest BCUT2D eigenvalue weighted by Crippen LogP contribution is -2.36. The molecule has 5 rings (SSSR count). The third-order valence-corrected chi connectivity index (χ3v) is 8.03. The van der Waals surface area contributed by atoms with Crippen molar-refractivity contribution in [1.82, 2.24) is 19.7 Å². The van der Waals surface area contributed by atoms with Crippen LogP contribution in [0.15, 0.2) is 61.1 Å². The van der Waals surface area contributed by atoms with Crippen LogP contribution >= 0.6 is 0 Å². The van der Waals surface area contributed by atoms with Crippen LogP contribution < -0.4 is 4.90 Å². The number of pyridine rings is 2. The van der Waals surface area contributed by atoms with Crippen LogP contribution in [0, 0.1) is 0 Å². The van der Waals surface area contributed by atoms with Gasteiger partial charge in [-0.05, 0) is 53.6 Å². The lowest BCUT2D eigenvalue weighted by molar-refractivity contribution is 0.0818. The van der Waals surface area contributed by atoms with E-state index in [1.807, 2.05) is 41.5 Å². The third-order valence-electron chi connectivity index (χ3n) is 6.33. The van der Waals surface area contributed by atoms with Gasteiger partial charge < -0.3 is 14.4 Å². The second kappa shape index (κ2) is 10.3. The summed E-state index contributed by atoms with van der Waals surface area (Å²) in [6, 6.07) is 15.9. The van der Waals surface area contributed by atoms with Crippen LogP contribution in [0.1, 0.15) is 0 Å². The summed E-state index contributed by atoms with van der Waals surface area (Å²) < 4.78 is 13.6. The van der Waals surface area contributed by atoms with Gasteiger partial charge in [-0.25, -0.2) is 9.67 Å². The van der Waals surface area contributed by atoms with Crippen molar-refractivity contribution in [2.45, 2.75) is 32.4 Å². The highest BCUT2D eigenvalue weighted by Crippen LogP contribution is 2.33. The number of morpholine rings is 1. The van der Waals surface area contributed by atoms with E-state index in [0.717, 1.165) is 78.1 Å². The first-order chi connectivity index (χ1) is 17.0. The van der Waals surface area contributed by atoms with Gasteiger partial charge in [0.25, 0.3) is 0 Å². The average molecular weight is 488 g/mol. The normalized spacial score (nSPS) is 14.5. The Labute approximate surface area is 207 Å². The van der Waals surface area contributed by atoms with E-state index in [4.69, 9.17) is 14.6 Å². The van der Waals surface area contributed by atoms with E-state index in [2.05, 4.69) is 58.8 Å². The maximum absolute atomic E-state index is 6.08. The Kier molecular flexibility index (Phi) is 6.94. The Bertz CT molecular complexity index is 1280. The molecule has 0 N–H and O–H groups in total. The summed E-state index contributed by atoms with van der Waals surface area (Å²) in [5.41, 5.74) is 5.34. The lowest BCUT2D eigenvalue weighted by atomic mass is 10.0. The lowest BCUT2D eigenvalue weighted by Gasteiger charge is -2.27. The van der Waals surface area contributed by atoms with E-state index in [1.165, 1.54) is 0 Å². The molecule has 1 aromatic carbocycles. The summed E-state index contributed by atoms with van der Waals surface area (Å²) in [7, 11) is -1.14. The summed E-state index contributed by atoms with van der Waals surface area (Å²) in [4.78, 5) is 11.1. The quantitative estimate of drug-likeness (QED) is 0.248. The molecule has 1 aliphatic heterocycles. The molecule has 1 saturated heterocycles. The van der Waals surface area contributed by atoms with Gasteiger partial charge in [0.05, 0.1) is 18.7 Å². The van der Waals surface area contributed by atoms with Gasteiger partial charge in [-0.3, -0.25) is 4.98 Å². The van der Waals surface area contributed by atoms with Crippen molar-refractivity contribution in [2.75, 3.05) is 37.8 Å². The number of aromatic nitrogens is 4. The zero-order chi connectivity index (χ0) is 24.3. The van der Waals surface area contributed by atoms with Crippen molar-refractivity contribution in [3.63, 3.8) is 0 Å². The van der Waals surface area contributed by atoms with Gasteiger partial charge in [-0.15, -0.1) is 0 Å². The van der Waals surface area contributed by atoms with E-state index in [0.29, 0.717) is 6.73 Å². The molecule has 182 valence electrons. The molecule has 0 spiro atoms. The zero-order valence-electron chi connectivity index (χ0n) is 20.8. The number of benzene rings is 1. The van der Waals surface area contributed by atoms with Crippen LogP contribution in [0.5, 0.6) is 0 Å². The largest absolute Gasteiger partial charge is 0.378 e. The number of nitrogens with zero attached hydrogens (tertiary/aromatic N) is 5. The zero-order valence-corrected chi connectivity index (χ0v) is 21.8. The Morgan fingerprint density at radius 1 is 0.914 bits per heavy atom. The molecule has 3 aromatic heterocycles. The highest BCUT2D eigenvalue weighted by molar-refractivity contribution is 6.76. The fourth-order valence-corrected chi connectivity index (χ4v) is 5.03. The molecule has 1 fully saturated rings. The maximum Gasteiger partial charge on any atom is 0.140 e. The number of rotatable bonds is 8. The van der Waals surface area contributed by atoms with E-state index >= 15 is 0 Å². The van der Waals surface area contributed by atoms with Crippen molar-refractivity contribution < 1.29 is 9.47 Å². The molecule has 8 heteroatoms. The summed E-state index contributed by atoms with van der Waals surface area (Å²) in [5.74, 6) is 0.963. The maximum atomic E-state index is 6.08. The average Bonchev–Trinajstić information content (AvgIpc) is 3.25. The molecule has 0 atom stereocenters. The fourth-order valence-electron chi connectivity index (χ4n) is 4.28. The van der Waals surface area contributed by atoms with Gasteiger partial charge >= 0.3 is 0 Å². The van der Waals surface area contributed by atoms with Crippen LogP contribution in [0.25, 0.3) is 33.3 Å². The molecular formula is C27H33N5O2Si. The molecule has 0 saturated carbocycles. The van der Waals surface area contributed by atoms with Crippen LogP contribution in [0.3, 0.4) is 0 Å². The van der Waals surface area contributed by atoms with E-state index in [9.17, 15) is 0 Å². The minimum atomic E-state index is -1.14. The summed E-state index contributed by atoms with van der Waals surface area (Å²) >= 11 is 0. The highest BCUT2D eigenvalue weighted by Gasteiger charge is 2.18. The summed E-state index contributed by atoms with van der Waals surface area (Å²) in [5, 5.41) is 6.14. The van der Waals surface area contributed by atoms with Gasteiger partial charge in [0.1, 0.15) is 18.2 Å². The van der Waals surface area contributed by atoms with E-state index in [-0.39, 0.29) is 0 Å². The number of hydrogen-bond donors (Lipinski definition) is 0. The van der Waals surface area contributed by atoms with Crippen molar-refractivity contribution in [3.05, 3.63) is 61.1 Å². The summed E-state index contributed by atoms with van der Waals surface area (Å²) in [6.07, 6.45) is 5.53. The van der Waals surface area contributed by atoms with Crippen LogP contribution in [-0.2, 0) is 16.2 Å². The molecule has 4 aromatic rings. The first-order valence-corrected chi connectivity index (χ1v) is 16.0.